The van der Waals surface area contributed by atoms with Crippen molar-refractivity contribution in [2.45, 2.75) is 0 Å². The SMILES string of the molecule is Fc1c(-c2ccco2)ccc(Cl)c1Cl. The van der Waals surface area contributed by atoms with Gasteiger partial charge in [-0.05, 0) is 24.3 Å². The van der Waals surface area contributed by atoms with E-state index in [2.05, 4.69) is 0 Å². The Bertz CT molecular complexity index is 451. The molecule has 72 valence electrons. The van der Waals surface area contributed by atoms with Crippen LogP contribution in [0.4, 0.5) is 4.39 Å². The first-order valence-electron chi connectivity index (χ1n) is 3.87. The van der Waals surface area contributed by atoms with E-state index >= 15 is 0 Å². The summed E-state index contributed by atoms with van der Waals surface area (Å²) in [4.78, 5) is 0. The van der Waals surface area contributed by atoms with E-state index < -0.39 is 5.82 Å². The monoisotopic (exact) mass is 230 g/mol. The molecule has 0 radical (unpaired) electrons. The molecule has 0 aliphatic heterocycles. The van der Waals surface area contributed by atoms with E-state index in [4.69, 9.17) is 27.6 Å². The van der Waals surface area contributed by atoms with Crippen molar-refractivity contribution < 1.29 is 8.81 Å². The Balaban J connectivity index is 2.61. The first kappa shape index (κ1) is 9.56. The molecule has 0 saturated carbocycles. The van der Waals surface area contributed by atoms with Crippen LogP contribution in [0.1, 0.15) is 0 Å². The third-order valence-corrected chi connectivity index (χ3v) is 2.60. The predicted molar refractivity (Wildman–Crippen MR) is 54.1 cm³/mol. The van der Waals surface area contributed by atoms with Gasteiger partial charge in [0.15, 0.2) is 5.82 Å². The van der Waals surface area contributed by atoms with Crippen molar-refractivity contribution in [1.29, 1.82) is 0 Å². The maximum absolute atomic E-state index is 13.5. The van der Waals surface area contributed by atoms with Crippen molar-refractivity contribution in [2.75, 3.05) is 0 Å². The van der Waals surface area contributed by atoms with E-state index in [1.807, 2.05) is 0 Å². The zero-order chi connectivity index (χ0) is 10.1. The molecule has 1 aromatic carbocycles. The lowest BCUT2D eigenvalue weighted by Gasteiger charge is -2.02. The Hall–Kier alpha value is -0.990. The molecule has 0 aliphatic rings. The summed E-state index contributed by atoms with van der Waals surface area (Å²) >= 11 is 11.3. The van der Waals surface area contributed by atoms with E-state index in [0.717, 1.165) is 0 Å². The van der Waals surface area contributed by atoms with Gasteiger partial charge in [0, 0.05) is 0 Å². The fourth-order valence-electron chi connectivity index (χ4n) is 1.15. The van der Waals surface area contributed by atoms with Crippen LogP contribution in [0.2, 0.25) is 10.0 Å². The highest BCUT2D eigenvalue weighted by Gasteiger charge is 2.13. The number of hydrogen-bond donors (Lipinski definition) is 0. The van der Waals surface area contributed by atoms with Crippen molar-refractivity contribution in [3.05, 3.63) is 46.4 Å². The number of hydrogen-bond acceptors (Lipinski definition) is 1. The highest BCUT2D eigenvalue weighted by molar-refractivity contribution is 6.42. The summed E-state index contributed by atoms with van der Waals surface area (Å²) in [6.45, 7) is 0. The van der Waals surface area contributed by atoms with Crippen molar-refractivity contribution in [1.82, 2.24) is 0 Å². The third-order valence-electron chi connectivity index (χ3n) is 1.82. The molecule has 0 spiro atoms. The molecule has 2 rings (SSSR count). The summed E-state index contributed by atoms with van der Waals surface area (Å²) < 4.78 is 18.6. The van der Waals surface area contributed by atoms with Crippen LogP contribution >= 0.6 is 23.2 Å². The quantitative estimate of drug-likeness (QED) is 0.663. The predicted octanol–water partition coefficient (Wildman–Crippen LogP) is 4.39. The van der Waals surface area contributed by atoms with Gasteiger partial charge in [-0.3, -0.25) is 0 Å². The van der Waals surface area contributed by atoms with Crippen LogP contribution in [0, 0.1) is 5.82 Å². The van der Waals surface area contributed by atoms with Crippen LogP contribution in [0.15, 0.2) is 34.9 Å². The molecule has 0 saturated heterocycles. The molecule has 0 atom stereocenters. The van der Waals surface area contributed by atoms with Gasteiger partial charge in [0.05, 0.1) is 21.9 Å². The van der Waals surface area contributed by atoms with Gasteiger partial charge >= 0.3 is 0 Å². The summed E-state index contributed by atoms with van der Waals surface area (Å²) in [5, 5.41) is 0.111. The third kappa shape index (κ3) is 1.51. The standard InChI is InChI=1S/C10H5Cl2FO/c11-7-4-3-6(10(13)9(7)12)8-2-1-5-14-8/h1-5H. The molecule has 14 heavy (non-hydrogen) atoms. The van der Waals surface area contributed by atoms with Gasteiger partial charge < -0.3 is 4.42 Å². The number of furan rings is 1. The molecule has 0 aliphatic carbocycles. The van der Waals surface area contributed by atoms with Crippen LogP contribution in [-0.2, 0) is 0 Å². The lowest BCUT2D eigenvalue weighted by Crippen LogP contribution is -1.84. The lowest BCUT2D eigenvalue weighted by molar-refractivity contribution is 0.569. The molecule has 0 bridgehead atoms. The fraction of sp³-hybridized carbons (Fsp3) is 0. The molecular formula is C10H5Cl2FO. The molecule has 0 fully saturated rings. The van der Waals surface area contributed by atoms with E-state index in [1.54, 1.807) is 12.1 Å². The summed E-state index contributed by atoms with van der Waals surface area (Å²) in [6.07, 6.45) is 1.47. The van der Waals surface area contributed by atoms with Crippen LogP contribution in [-0.4, -0.2) is 0 Å². The van der Waals surface area contributed by atoms with Crippen LogP contribution < -0.4 is 0 Å². The van der Waals surface area contributed by atoms with Crippen LogP contribution in [0.5, 0.6) is 0 Å². The minimum atomic E-state index is -0.561. The minimum absolute atomic E-state index is 0.0828. The largest absolute Gasteiger partial charge is 0.464 e. The molecule has 1 aromatic heterocycles. The van der Waals surface area contributed by atoms with E-state index in [-0.39, 0.29) is 10.0 Å². The topological polar surface area (TPSA) is 13.1 Å². The number of halogens is 3. The fourth-order valence-corrected chi connectivity index (χ4v) is 1.46. The van der Waals surface area contributed by atoms with Gasteiger partial charge in [0.25, 0.3) is 0 Å². The molecule has 0 amide bonds. The molecule has 0 N–H and O–H groups in total. The summed E-state index contributed by atoms with van der Waals surface area (Å²) in [6, 6.07) is 6.40. The summed E-state index contributed by atoms with van der Waals surface area (Å²) in [5.41, 5.74) is 0.310. The van der Waals surface area contributed by atoms with Gasteiger partial charge in [0.1, 0.15) is 5.76 Å². The van der Waals surface area contributed by atoms with Crippen LogP contribution in [0.25, 0.3) is 11.3 Å². The van der Waals surface area contributed by atoms with Crippen LogP contribution in [0.3, 0.4) is 0 Å². The Morgan fingerprint density at radius 3 is 2.57 bits per heavy atom. The Labute approximate surface area is 90.1 Å². The summed E-state index contributed by atoms with van der Waals surface area (Å²) in [5.74, 6) is -0.129. The van der Waals surface area contributed by atoms with Crippen molar-refractivity contribution >= 4 is 23.2 Å². The average molecular weight is 231 g/mol. The van der Waals surface area contributed by atoms with Gasteiger partial charge in [0.2, 0.25) is 0 Å². The zero-order valence-corrected chi connectivity index (χ0v) is 8.44. The maximum Gasteiger partial charge on any atom is 0.154 e. The maximum atomic E-state index is 13.5. The van der Waals surface area contributed by atoms with E-state index in [0.29, 0.717) is 11.3 Å². The highest BCUT2D eigenvalue weighted by atomic mass is 35.5. The van der Waals surface area contributed by atoms with Gasteiger partial charge in [-0.2, -0.15) is 0 Å². The molecular weight excluding hydrogens is 226 g/mol. The zero-order valence-electron chi connectivity index (χ0n) is 6.93. The van der Waals surface area contributed by atoms with Crippen molar-refractivity contribution in [3.8, 4) is 11.3 Å². The molecule has 2 aromatic rings. The molecule has 4 heteroatoms. The summed E-state index contributed by atoms with van der Waals surface area (Å²) in [7, 11) is 0. The van der Waals surface area contributed by atoms with Crippen molar-refractivity contribution in [2.24, 2.45) is 0 Å². The highest BCUT2D eigenvalue weighted by Crippen LogP contribution is 2.32. The number of benzene rings is 1. The first-order valence-corrected chi connectivity index (χ1v) is 4.63. The van der Waals surface area contributed by atoms with E-state index in [1.165, 1.54) is 18.4 Å². The number of rotatable bonds is 1. The normalized spacial score (nSPS) is 10.5. The Morgan fingerprint density at radius 1 is 1.14 bits per heavy atom. The van der Waals surface area contributed by atoms with Crippen molar-refractivity contribution in [3.63, 3.8) is 0 Å². The second-order valence-electron chi connectivity index (χ2n) is 2.70. The van der Waals surface area contributed by atoms with E-state index in [9.17, 15) is 4.39 Å². The second-order valence-corrected chi connectivity index (χ2v) is 3.49. The molecule has 1 nitrogen and oxygen atoms in total. The lowest BCUT2D eigenvalue weighted by atomic mass is 10.1. The van der Waals surface area contributed by atoms with Gasteiger partial charge in [-0.15, -0.1) is 0 Å². The molecule has 0 unspecified atom stereocenters. The average Bonchev–Trinajstić information content (AvgIpc) is 2.67. The molecule has 1 heterocycles. The second kappa shape index (κ2) is 3.64. The first-order chi connectivity index (χ1) is 6.70. The minimum Gasteiger partial charge on any atom is -0.464 e. The Kier molecular flexibility index (Phi) is 2.48. The smallest absolute Gasteiger partial charge is 0.154 e. The van der Waals surface area contributed by atoms with Gasteiger partial charge in [-0.25, -0.2) is 4.39 Å². The Morgan fingerprint density at radius 2 is 1.93 bits per heavy atom. The van der Waals surface area contributed by atoms with Gasteiger partial charge in [-0.1, -0.05) is 23.2 Å².